The second kappa shape index (κ2) is 9.82. The van der Waals surface area contributed by atoms with Crippen molar-refractivity contribution in [3.05, 3.63) is 105 Å². The van der Waals surface area contributed by atoms with Gasteiger partial charge >= 0.3 is 5.69 Å². The van der Waals surface area contributed by atoms with Crippen LogP contribution in [0.1, 0.15) is 11.1 Å². The van der Waals surface area contributed by atoms with Crippen molar-refractivity contribution in [3.8, 4) is 22.6 Å². The molecule has 0 unspecified atom stereocenters. The molecular formula is C25H22N4O5S. The first-order chi connectivity index (χ1) is 16.7. The summed E-state index contributed by atoms with van der Waals surface area (Å²) in [6, 6.07) is 15.1. The summed E-state index contributed by atoms with van der Waals surface area (Å²) >= 11 is 0. The van der Waals surface area contributed by atoms with Crippen molar-refractivity contribution in [2.24, 2.45) is 0 Å². The molecule has 2 aromatic carbocycles. The van der Waals surface area contributed by atoms with Gasteiger partial charge in [-0.25, -0.2) is 17.8 Å². The van der Waals surface area contributed by atoms with E-state index in [2.05, 4.69) is 14.7 Å². The molecule has 178 valence electrons. The third-order valence-corrected chi connectivity index (χ3v) is 5.67. The zero-order valence-corrected chi connectivity index (χ0v) is 19.7. The smallest absolute Gasteiger partial charge is 0.332 e. The van der Waals surface area contributed by atoms with E-state index in [1.165, 1.54) is 12.3 Å². The maximum absolute atomic E-state index is 12.5. The van der Waals surface area contributed by atoms with Crippen LogP contribution in [0.25, 0.3) is 29.0 Å². The second-order valence-electron chi connectivity index (χ2n) is 7.64. The standard InChI is InChI=1S/C25H22N4O5S/c1-34-24-18(8-5-17-6-9-20(10-7-17)28-35(2,32)33)14-21(29-23(30)11-13-27-25(29)31)15-22(24)19-4-3-12-26-16-19/h3-16,28H,1-2H3,(H,27,31)/b8-5+. The van der Waals surface area contributed by atoms with Gasteiger partial charge in [-0.15, -0.1) is 0 Å². The first kappa shape index (κ1) is 23.7. The lowest BCUT2D eigenvalue weighted by Gasteiger charge is -2.15. The molecule has 0 amide bonds. The fraction of sp³-hybridized carbons (Fsp3) is 0.0800. The molecular weight excluding hydrogens is 468 g/mol. The van der Waals surface area contributed by atoms with Gasteiger partial charge in [-0.1, -0.05) is 30.4 Å². The number of aromatic amines is 1. The van der Waals surface area contributed by atoms with Crippen LogP contribution < -0.4 is 20.7 Å². The zero-order valence-electron chi connectivity index (χ0n) is 18.9. The number of aromatic nitrogens is 3. The van der Waals surface area contributed by atoms with Gasteiger partial charge in [0.1, 0.15) is 5.75 Å². The molecule has 0 saturated heterocycles. The molecule has 0 radical (unpaired) electrons. The van der Waals surface area contributed by atoms with Crippen molar-refractivity contribution < 1.29 is 13.2 Å². The second-order valence-corrected chi connectivity index (χ2v) is 9.39. The maximum Gasteiger partial charge on any atom is 0.332 e. The van der Waals surface area contributed by atoms with Gasteiger partial charge in [-0.3, -0.25) is 14.5 Å². The van der Waals surface area contributed by atoms with E-state index in [9.17, 15) is 18.0 Å². The van der Waals surface area contributed by atoms with Crippen LogP contribution in [0.15, 0.2) is 82.8 Å². The minimum absolute atomic E-state index is 0.365. The molecule has 35 heavy (non-hydrogen) atoms. The van der Waals surface area contributed by atoms with E-state index in [0.29, 0.717) is 28.3 Å². The number of sulfonamides is 1. The molecule has 0 aliphatic carbocycles. The molecule has 0 spiro atoms. The summed E-state index contributed by atoms with van der Waals surface area (Å²) in [6.45, 7) is 0. The third-order valence-electron chi connectivity index (χ3n) is 5.06. The summed E-state index contributed by atoms with van der Waals surface area (Å²) in [4.78, 5) is 31.7. The van der Waals surface area contributed by atoms with Gasteiger partial charge < -0.3 is 9.72 Å². The number of ether oxygens (including phenoxy) is 1. The largest absolute Gasteiger partial charge is 0.495 e. The highest BCUT2D eigenvalue weighted by molar-refractivity contribution is 7.92. The van der Waals surface area contributed by atoms with Gasteiger partial charge in [0.15, 0.2) is 0 Å². The minimum Gasteiger partial charge on any atom is -0.495 e. The molecule has 0 aliphatic rings. The van der Waals surface area contributed by atoms with Crippen LogP contribution in [0.2, 0.25) is 0 Å². The van der Waals surface area contributed by atoms with Gasteiger partial charge in [-0.2, -0.15) is 0 Å². The average Bonchev–Trinajstić information content (AvgIpc) is 2.83. The van der Waals surface area contributed by atoms with Gasteiger partial charge in [0.2, 0.25) is 10.0 Å². The highest BCUT2D eigenvalue weighted by Gasteiger charge is 2.15. The van der Waals surface area contributed by atoms with Crippen molar-refractivity contribution >= 4 is 27.9 Å². The maximum atomic E-state index is 12.5. The highest BCUT2D eigenvalue weighted by Crippen LogP contribution is 2.36. The minimum atomic E-state index is -3.37. The predicted octanol–water partition coefficient (Wildman–Crippen LogP) is 3.14. The summed E-state index contributed by atoms with van der Waals surface area (Å²) in [5, 5.41) is 0. The molecule has 2 aromatic heterocycles. The number of hydrogen-bond donors (Lipinski definition) is 2. The Morgan fingerprint density at radius 2 is 1.83 bits per heavy atom. The number of benzene rings is 2. The third kappa shape index (κ3) is 5.56. The van der Waals surface area contributed by atoms with Gasteiger partial charge in [0.25, 0.3) is 5.56 Å². The van der Waals surface area contributed by atoms with E-state index in [0.717, 1.165) is 21.9 Å². The summed E-state index contributed by atoms with van der Waals surface area (Å²) < 4.78 is 32.0. The van der Waals surface area contributed by atoms with Crippen LogP contribution in [-0.4, -0.2) is 36.3 Å². The molecule has 0 aliphatic heterocycles. The number of hydrogen-bond acceptors (Lipinski definition) is 6. The number of anilines is 1. The van der Waals surface area contributed by atoms with Gasteiger partial charge in [-0.05, 0) is 35.9 Å². The lowest BCUT2D eigenvalue weighted by molar-refractivity contribution is 0.415. The van der Waals surface area contributed by atoms with Crippen LogP contribution in [0, 0.1) is 0 Å². The van der Waals surface area contributed by atoms with Crippen LogP contribution in [0.4, 0.5) is 5.69 Å². The molecule has 0 bridgehead atoms. The van der Waals surface area contributed by atoms with Crippen molar-refractivity contribution in [3.63, 3.8) is 0 Å². The Bertz CT molecular complexity index is 1580. The van der Waals surface area contributed by atoms with E-state index in [-0.39, 0.29) is 0 Å². The van der Waals surface area contributed by atoms with Gasteiger partial charge in [0, 0.05) is 47.0 Å². The normalized spacial score (nSPS) is 11.5. The Labute approximate surface area is 201 Å². The first-order valence-corrected chi connectivity index (χ1v) is 12.3. The van der Waals surface area contributed by atoms with Crippen LogP contribution >= 0.6 is 0 Å². The molecule has 0 saturated carbocycles. The molecule has 4 aromatic rings. The fourth-order valence-electron chi connectivity index (χ4n) is 3.58. The zero-order chi connectivity index (χ0) is 25.0. The Morgan fingerprint density at radius 1 is 1.06 bits per heavy atom. The lowest BCUT2D eigenvalue weighted by atomic mass is 10.0. The molecule has 4 rings (SSSR count). The first-order valence-electron chi connectivity index (χ1n) is 10.4. The monoisotopic (exact) mass is 490 g/mol. The van der Waals surface area contributed by atoms with Crippen molar-refractivity contribution in [2.45, 2.75) is 0 Å². The highest BCUT2D eigenvalue weighted by atomic mass is 32.2. The van der Waals surface area contributed by atoms with Crippen molar-refractivity contribution in [1.29, 1.82) is 0 Å². The lowest BCUT2D eigenvalue weighted by Crippen LogP contribution is -2.32. The van der Waals surface area contributed by atoms with E-state index < -0.39 is 21.3 Å². The van der Waals surface area contributed by atoms with E-state index >= 15 is 0 Å². The van der Waals surface area contributed by atoms with Crippen LogP contribution in [-0.2, 0) is 10.0 Å². The quantitative estimate of drug-likeness (QED) is 0.384. The van der Waals surface area contributed by atoms with Crippen molar-refractivity contribution in [1.82, 2.24) is 14.5 Å². The Kier molecular flexibility index (Phi) is 6.65. The van der Waals surface area contributed by atoms with E-state index in [1.54, 1.807) is 68.0 Å². The molecule has 2 heterocycles. The van der Waals surface area contributed by atoms with Crippen molar-refractivity contribution in [2.75, 3.05) is 18.1 Å². The predicted molar refractivity (Wildman–Crippen MR) is 136 cm³/mol. The van der Waals surface area contributed by atoms with E-state index in [1.807, 2.05) is 12.1 Å². The average molecular weight is 491 g/mol. The number of nitrogens with zero attached hydrogens (tertiary/aromatic N) is 2. The van der Waals surface area contributed by atoms with Crippen LogP contribution in [0.3, 0.4) is 0 Å². The number of nitrogens with one attached hydrogen (secondary N) is 2. The summed E-state index contributed by atoms with van der Waals surface area (Å²) in [7, 11) is -1.83. The van der Waals surface area contributed by atoms with Gasteiger partial charge in [0.05, 0.1) is 19.1 Å². The summed E-state index contributed by atoms with van der Waals surface area (Å²) in [6.07, 6.45) is 9.31. The molecule has 0 fully saturated rings. The fourth-order valence-corrected chi connectivity index (χ4v) is 4.15. The Hall–Kier alpha value is -4.44. The van der Waals surface area contributed by atoms with Crippen LogP contribution in [0.5, 0.6) is 5.75 Å². The summed E-state index contributed by atoms with van der Waals surface area (Å²) in [5.41, 5.74) is 2.60. The Balaban J connectivity index is 1.84. The summed E-state index contributed by atoms with van der Waals surface area (Å²) in [5.74, 6) is 0.536. The SMILES string of the molecule is COc1c(/C=C/c2ccc(NS(C)(=O)=O)cc2)cc(-n2c(=O)cc[nH]c2=O)cc1-c1cccnc1. The molecule has 2 N–H and O–H groups in total. The molecule has 9 nitrogen and oxygen atoms in total. The Morgan fingerprint density at radius 3 is 2.46 bits per heavy atom. The van der Waals surface area contributed by atoms with E-state index in [4.69, 9.17) is 4.74 Å². The number of H-pyrrole nitrogens is 1. The molecule has 10 heteroatoms. The number of methoxy groups -OCH3 is 1. The topological polar surface area (TPSA) is 123 Å². The molecule has 0 atom stereocenters. The number of pyridine rings is 1. The number of rotatable bonds is 7.